The van der Waals surface area contributed by atoms with Crippen LogP contribution >= 0.6 is 0 Å². The summed E-state index contributed by atoms with van der Waals surface area (Å²) in [6, 6.07) is 1.04. The van der Waals surface area contributed by atoms with Gasteiger partial charge in [0.15, 0.2) is 0 Å². The molecular formula is C16H35NO. The highest BCUT2D eigenvalue weighted by Crippen LogP contribution is 2.12. The summed E-state index contributed by atoms with van der Waals surface area (Å²) >= 11 is 0. The summed E-state index contributed by atoms with van der Waals surface area (Å²) in [5.74, 6) is 0. The van der Waals surface area contributed by atoms with E-state index in [0.717, 1.165) is 13.0 Å². The second-order valence-electron chi connectivity index (χ2n) is 6.09. The molecule has 0 fully saturated rings. The molecule has 0 amide bonds. The van der Waals surface area contributed by atoms with Crippen molar-refractivity contribution in [3.05, 3.63) is 0 Å². The average Bonchev–Trinajstić information content (AvgIpc) is 2.29. The number of unbranched alkanes of at least 4 members (excludes halogenated alkanes) is 5. The lowest BCUT2D eigenvalue weighted by atomic mass is 10.1. The fraction of sp³-hybridized carbons (Fsp3) is 1.00. The van der Waals surface area contributed by atoms with Crippen LogP contribution in [0, 0.1) is 0 Å². The van der Waals surface area contributed by atoms with Crippen molar-refractivity contribution in [2.45, 2.75) is 97.8 Å². The molecule has 1 N–H and O–H groups in total. The number of aliphatic hydroxyl groups excluding tert-OH is 1. The van der Waals surface area contributed by atoms with Gasteiger partial charge in [-0.15, -0.1) is 0 Å². The first-order valence-corrected chi connectivity index (χ1v) is 7.92. The van der Waals surface area contributed by atoms with Crippen LogP contribution in [0.25, 0.3) is 0 Å². The second-order valence-corrected chi connectivity index (χ2v) is 6.09. The molecule has 0 heterocycles. The minimum Gasteiger partial charge on any atom is -0.392 e. The van der Waals surface area contributed by atoms with Gasteiger partial charge in [0.1, 0.15) is 0 Å². The molecule has 1 atom stereocenters. The Labute approximate surface area is 115 Å². The minimum absolute atomic E-state index is 0.152. The zero-order valence-electron chi connectivity index (χ0n) is 13.3. The normalized spacial score (nSPS) is 13.8. The zero-order chi connectivity index (χ0) is 14.0. The molecule has 0 aromatic heterocycles. The molecule has 2 heteroatoms. The second kappa shape index (κ2) is 10.8. The highest BCUT2D eigenvalue weighted by molar-refractivity contribution is 4.71. The van der Waals surface area contributed by atoms with E-state index < -0.39 is 0 Å². The Kier molecular flexibility index (Phi) is 10.8. The number of hydrogen-bond donors (Lipinski definition) is 1. The van der Waals surface area contributed by atoms with Crippen LogP contribution in [0.15, 0.2) is 0 Å². The van der Waals surface area contributed by atoms with E-state index in [2.05, 4.69) is 39.5 Å². The summed E-state index contributed by atoms with van der Waals surface area (Å²) in [4.78, 5) is 2.38. The predicted octanol–water partition coefficient (Wildman–Crippen LogP) is 4.22. The van der Waals surface area contributed by atoms with Gasteiger partial charge in [0.05, 0.1) is 6.10 Å². The van der Waals surface area contributed by atoms with E-state index in [1.165, 1.54) is 38.5 Å². The number of nitrogens with zero attached hydrogens (tertiary/aromatic N) is 1. The van der Waals surface area contributed by atoms with Crippen LogP contribution in [-0.4, -0.2) is 34.7 Å². The monoisotopic (exact) mass is 257 g/mol. The third-order valence-electron chi connectivity index (χ3n) is 3.64. The Balaban J connectivity index is 3.65. The Hall–Kier alpha value is -0.0800. The van der Waals surface area contributed by atoms with Crippen LogP contribution in [0.1, 0.15) is 79.6 Å². The van der Waals surface area contributed by atoms with Crippen molar-refractivity contribution in [3.63, 3.8) is 0 Å². The van der Waals surface area contributed by atoms with E-state index in [1.807, 2.05) is 0 Å². The van der Waals surface area contributed by atoms with Crippen LogP contribution in [0.5, 0.6) is 0 Å². The smallest absolute Gasteiger partial charge is 0.0667 e. The Bertz CT molecular complexity index is 172. The molecule has 0 aliphatic rings. The maximum Gasteiger partial charge on any atom is 0.0667 e. The summed E-state index contributed by atoms with van der Waals surface area (Å²) in [5.41, 5.74) is 0. The summed E-state index contributed by atoms with van der Waals surface area (Å²) in [6.45, 7) is 11.9. The van der Waals surface area contributed by atoms with Gasteiger partial charge in [-0.05, 0) is 34.1 Å². The van der Waals surface area contributed by atoms with Gasteiger partial charge in [0.2, 0.25) is 0 Å². The molecule has 0 spiro atoms. The van der Waals surface area contributed by atoms with Crippen molar-refractivity contribution >= 4 is 0 Å². The van der Waals surface area contributed by atoms with Crippen LogP contribution in [0.3, 0.4) is 0 Å². The highest BCUT2D eigenvalue weighted by Gasteiger charge is 2.17. The molecule has 0 radical (unpaired) electrons. The van der Waals surface area contributed by atoms with Crippen molar-refractivity contribution in [2.24, 2.45) is 0 Å². The average molecular weight is 257 g/mol. The van der Waals surface area contributed by atoms with Gasteiger partial charge in [0, 0.05) is 18.6 Å². The summed E-state index contributed by atoms with van der Waals surface area (Å²) in [7, 11) is 0. The SMILES string of the molecule is CCCCCCCCC(O)CN(C(C)C)C(C)C. The Morgan fingerprint density at radius 2 is 1.33 bits per heavy atom. The first-order valence-electron chi connectivity index (χ1n) is 7.92. The fourth-order valence-electron chi connectivity index (χ4n) is 2.51. The van der Waals surface area contributed by atoms with Crippen LogP contribution in [0.2, 0.25) is 0 Å². The lowest BCUT2D eigenvalue weighted by Gasteiger charge is -2.32. The van der Waals surface area contributed by atoms with Gasteiger partial charge in [-0.3, -0.25) is 4.90 Å². The minimum atomic E-state index is -0.152. The lowest BCUT2D eigenvalue weighted by molar-refractivity contribution is 0.0691. The van der Waals surface area contributed by atoms with Gasteiger partial charge in [-0.2, -0.15) is 0 Å². The van der Waals surface area contributed by atoms with E-state index in [0.29, 0.717) is 12.1 Å². The van der Waals surface area contributed by atoms with Crippen molar-refractivity contribution in [1.82, 2.24) is 4.90 Å². The molecule has 0 aliphatic heterocycles. The maximum atomic E-state index is 10.1. The zero-order valence-corrected chi connectivity index (χ0v) is 13.3. The van der Waals surface area contributed by atoms with E-state index in [9.17, 15) is 5.11 Å². The van der Waals surface area contributed by atoms with Crippen molar-refractivity contribution in [3.8, 4) is 0 Å². The molecule has 0 rings (SSSR count). The van der Waals surface area contributed by atoms with Crippen LogP contribution < -0.4 is 0 Å². The largest absolute Gasteiger partial charge is 0.392 e. The predicted molar refractivity (Wildman–Crippen MR) is 81.0 cm³/mol. The Morgan fingerprint density at radius 3 is 1.83 bits per heavy atom. The molecule has 0 saturated heterocycles. The Morgan fingerprint density at radius 1 is 0.833 bits per heavy atom. The van der Waals surface area contributed by atoms with E-state index in [4.69, 9.17) is 0 Å². The van der Waals surface area contributed by atoms with Crippen LogP contribution in [-0.2, 0) is 0 Å². The highest BCUT2D eigenvalue weighted by atomic mass is 16.3. The van der Waals surface area contributed by atoms with Crippen molar-refractivity contribution < 1.29 is 5.11 Å². The number of aliphatic hydroxyl groups is 1. The first-order chi connectivity index (χ1) is 8.49. The lowest BCUT2D eigenvalue weighted by Crippen LogP contribution is -2.42. The molecule has 0 aliphatic carbocycles. The molecule has 2 nitrogen and oxygen atoms in total. The van der Waals surface area contributed by atoms with Crippen LogP contribution in [0.4, 0.5) is 0 Å². The van der Waals surface area contributed by atoms with Gasteiger partial charge in [0.25, 0.3) is 0 Å². The topological polar surface area (TPSA) is 23.5 Å². The molecule has 0 bridgehead atoms. The third kappa shape index (κ3) is 8.93. The van der Waals surface area contributed by atoms with Gasteiger partial charge in [-0.25, -0.2) is 0 Å². The van der Waals surface area contributed by atoms with E-state index >= 15 is 0 Å². The standard InChI is InChI=1S/C16H35NO/c1-6-7-8-9-10-11-12-16(18)13-17(14(2)3)15(4)5/h14-16,18H,6-13H2,1-5H3. The molecule has 110 valence electrons. The fourth-order valence-corrected chi connectivity index (χ4v) is 2.51. The molecular weight excluding hydrogens is 222 g/mol. The molecule has 0 saturated carbocycles. The van der Waals surface area contributed by atoms with Crippen molar-refractivity contribution in [2.75, 3.05) is 6.54 Å². The van der Waals surface area contributed by atoms with E-state index in [1.54, 1.807) is 0 Å². The third-order valence-corrected chi connectivity index (χ3v) is 3.64. The summed E-state index contributed by atoms with van der Waals surface area (Å²) in [6.07, 6.45) is 8.62. The van der Waals surface area contributed by atoms with Gasteiger partial charge in [-0.1, -0.05) is 45.4 Å². The molecule has 1 unspecified atom stereocenters. The molecule has 0 aromatic carbocycles. The summed E-state index contributed by atoms with van der Waals surface area (Å²) < 4.78 is 0. The number of hydrogen-bond acceptors (Lipinski definition) is 2. The number of rotatable bonds is 11. The molecule has 18 heavy (non-hydrogen) atoms. The quantitative estimate of drug-likeness (QED) is 0.560. The molecule has 0 aromatic rings. The maximum absolute atomic E-state index is 10.1. The summed E-state index contributed by atoms with van der Waals surface area (Å²) in [5, 5.41) is 10.1. The van der Waals surface area contributed by atoms with Crippen molar-refractivity contribution in [1.29, 1.82) is 0 Å². The first kappa shape index (κ1) is 17.9. The van der Waals surface area contributed by atoms with E-state index in [-0.39, 0.29) is 6.10 Å². The van der Waals surface area contributed by atoms with Gasteiger partial charge >= 0.3 is 0 Å². The van der Waals surface area contributed by atoms with Gasteiger partial charge < -0.3 is 5.11 Å².